The first-order valence-corrected chi connectivity index (χ1v) is 6.69. The molecule has 0 atom stereocenters. The van der Waals surface area contributed by atoms with E-state index in [2.05, 4.69) is 20.8 Å². The molecule has 0 heterocycles. The number of benzene rings is 1. The molecule has 1 rings (SSSR count). The largest absolute Gasteiger partial charge is 0.496 e. The highest BCUT2D eigenvalue weighted by Gasteiger charge is 2.17. The van der Waals surface area contributed by atoms with Gasteiger partial charge in [0.25, 0.3) is 0 Å². The van der Waals surface area contributed by atoms with Crippen LogP contribution in [0.4, 0.5) is 0 Å². The van der Waals surface area contributed by atoms with Crippen LogP contribution in [0.5, 0.6) is 5.75 Å². The second-order valence-corrected chi connectivity index (χ2v) is 6.12. The van der Waals surface area contributed by atoms with Crippen molar-refractivity contribution in [1.82, 2.24) is 4.90 Å². The molecule has 0 spiro atoms. The zero-order valence-corrected chi connectivity index (χ0v) is 12.7. The fourth-order valence-corrected chi connectivity index (χ4v) is 2.14. The summed E-state index contributed by atoms with van der Waals surface area (Å²) in [6, 6.07) is 7.85. The normalized spacial score (nSPS) is 11.2. The first-order valence-electron chi connectivity index (χ1n) is 6.69. The van der Waals surface area contributed by atoms with Gasteiger partial charge in [-0.25, -0.2) is 0 Å². The highest BCUT2D eigenvalue weighted by atomic mass is 16.5. The minimum atomic E-state index is 0.134. The van der Waals surface area contributed by atoms with Crippen LogP contribution in [-0.2, 0) is 11.2 Å². The number of amides is 1. The molecule has 0 aliphatic rings. The Kier molecular flexibility index (Phi) is 5.40. The molecule has 0 unspecified atom stereocenters. The van der Waals surface area contributed by atoms with E-state index in [9.17, 15) is 4.79 Å². The highest BCUT2D eigenvalue weighted by molar-refractivity contribution is 5.76. The lowest BCUT2D eigenvalue weighted by molar-refractivity contribution is -0.131. The van der Waals surface area contributed by atoms with Crippen molar-refractivity contribution in [2.75, 3.05) is 20.7 Å². The van der Waals surface area contributed by atoms with Gasteiger partial charge in [0.2, 0.25) is 5.91 Å². The maximum absolute atomic E-state index is 12.1. The van der Waals surface area contributed by atoms with Crippen LogP contribution < -0.4 is 4.74 Å². The van der Waals surface area contributed by atoms with Gasteiger partial charge in [0.15, 0.2) is 0 Å². The van der Waals surface area contributed by atoms with Crippen molar-refractivity contribution in [3.8, 4) is 5.75 Å². The van der Waals surface area contributed by atoms with Crippen molar-refractivity contribution < 1.29 is 9.53 Å². The number of nitrogens with zero attached hydrogens (tertiary/aromatic N) is 1. The molecule has 0 aliphatic carbocycles. The van der Waals surface area contributed by atoms with E-state index in [4.69, 9.17) is 4.74 Å². The summed E-state index contributed by atoms with van der Waals surface area (Å²) in [5.41, 5.74) is 1.22. The fourth-order valence-electron chi connectivity index (χ4n) is 2.14. The van der Waals surface area contributed by atoms with Gasteiger partial charge in [-0.05, 0) is 23.5 Å². The molecular formula is C16H25NO2. The molecule has 1 aromatic carbocycles. The Morgan fingerprint density at radius 2 is 1.89 bits per heavy atom. The summed E-state index contributed by atoms with van der Waals surface area (Å²) in [4.78, 5) is 13.9. The van der Waals surface area contributed by atoms with Gasteiger partial charge in [-0.2, -0.15) is 0 Å². The lowest BCUT2D eigenvalue weighted by atomic mass is 9.96. The van der Waals surface area contributed by atoms with Crippen LogP contribution in [0.2, 0.25) is 0 Å². The van der Waals surface area contributed by atoms with E-state index in [1.54, 1.807) is 7.11 Å². The minimum Gasteiger partial charge on any atom is -0.496 e. The second kappa shape index (κ2) is 6.60. The van der Waals surface area contributed by atoms with Crippen molar-refractivity contribution in [3.05, 3.63) is 29.8 Å². The molecular weight excluding hydrogens is 238 g/mol. The molecule has 0 aliphatic heterocycles. The van der Waals surface area contributed by atoms with Gasteiger partial charge in [0.05, 0.1) is 7.11 Å². The zero-order chi connectivity index (χ0) is 14.5. The molecule has 1 amide bonds. The van der Waals surface area contributed by atoms with Crippen LogP contribution in [0, 0.1) is 5.41 Å². The Morgan fingerprint density at radius 3 is 2.47 bits per heavy atom. The lowest BCUT2D eigenvalue weighted by Gasteiger charge is -2.26. The number of methoxy groups -OCH3 is 1. The highest BCUT2D eigenvalue weighted by Crippen LogP contribution is 2.20. The molecule has 19 heavy (non-hydrogen) atoms. The molecule has 0 aromatic heterocycles. The number of hydrogen-bond donors (Lipinski definition) is 0. The van der Waals surface area contributed by atoms with Crippen molar-refractivity contribution in [2.24, 2.45) is 5.41 Å². The van der Waals surface area contributed by atoms with Crippen molar-refractivity contribution in [3.63, 3.8) is 0 Å². The van der Waals surface area contributed by atoms with Crippen molar-refractivity contribution in [1.29, 1.82) is 0 Å². The van der Waals surface area contributed by atoms with Crippen LogP contribution in [0.1, 0.15) is 32.8 Å². The number of carbonyl (C=O) groups excluding carboxylic acids is 1. The number of para-hydroxylation sites is 1. The van der Waals surface area contributed by atoms with E-state index < -0.39 is 0 Å². The fraction of sp³-hybridized carbons (Fsp3) is 0.562. The average molecular weight is 263 g/mol. The zero-order valence-electron chi connectivity index (χ0n) is 12.7. The molecule has 0 radical (unpaired) electrons. The maximum Gasteiger partial charge on any atom is 0.222 e. The van der Waals surface area contributed by atoms with Gasteiger partial charge in [-0.3, -0.25) is 4.79 Å². The van der Waals surface area contributed by atoms with E-state index in [-0.39, 0.29) is 11.3 Å². The number of rotatable bonds is 5. The van der Waals surface area contributed by atoms with E-state index in [1.165, 1.54) is 0 Å². The number of aryl methyl sites for hydroxylation is 1. The van der Waals surface area contributed by atoms with Crippen LogP contribution in [0.25, 0.3) is 0 Å². The van der Waals surface area contributed by atoms with Crippen LogP contribution in [-0.4, -0.2) is 31.5 Å². The second-order valence-electron chi connectivity index (χ2n) is 6.12. The smallest absolute Gasteiger partial charge is 0.222 e. The Balaban J connectivity index is 2.54. The van der Waals surface area contributed by atoms with Gasteiger partial charge >= 0.3 is 0 Å². The summed E-state index contributed by atoms with van der Waals surface area (Å²) in [5, 5.41) is 0. The van der Waals surface area contributed by atoms with E-state index >= 15 is 0 Å². The van der Waals surface area contributed by atoms with Crippen LogP contribution >= 0.6 is 0 Å². The van der Waals surface area contributed by atoms with Gasteiger partial charge in [-0.1, -0.05) is 39.0 Å². The number of carbonyl (C=O) groups is 1. The predicted octanol–water partition coefficient (Wildman–Crippen LogP) is 3.13. The summed E-state index contributed by atoms with van der Waals surface area (Å²) < 4.78 is 5.29. The molecule has 0 saturated heterocycles. The average Bonchev–Trinajstić information content (AvgIpc) is 2.34. The standard InChI is InChI=1S/C16H25NO2/c1-16(2,3)12-17(4)15(18)11-10-13-8-6-7-9-14(13)19-5/h6-9H,10-12H2,1-5H3. The SMILES string of the molecule is COc1ccccc1CCC(=O)N(C)CC(C)(C)C. The molecule has 0 saturated carbocycles. The van der Waals surface area contributed by atoms with Crippen LogP contribution in [0.15, 0.2) is 24.3 Å². The van der Waals surface area contributed by atoms with Crippen molar-refractivity contribution >= 4 is 5.91 Å². The Bertz CT molecular complexity index is 421. The molecule has 0 bridgehead atoms. The van der Waals surface area contributed by atoms with Crippen molar-refractivity contribution in [2.45, 2.75) is 33.6 Å². The number of hydrogen-bond acceptors (Lipinski definition) is 2. The minimum absolute atomic E-state index is 0.134. The third-order valence-electron chi connectivity index (χ3n) is 2.94. The molecule has 0 fully saturated rings. The summed E-state index contributed by atoms with van der Waals surface area (Å²) >= 11 is 0. The van der Waals surface area contributed by atoms with Gasteiger partial charge in [-0.15, -0.1) is 0 Å². The van der Waals surface area contributed by atoms with Gasteiger partial charge < -0.3 is 9.64 Å². The molecule has 106 valence electrons. The predicted molar refractivity (Wildman–Crippen MR) is 78.4 cm³/mol. The topological polar surface area (TPSA) is 29.5 Å². The third-order valence-corrected chi connectivity index (χ3v) is 2.94. The van der Waals surface area contributed by atoms with Gasteiger partial charge in [0, 0.05) is 20.0 Å². The van der Waals surface area contributed by atoms with Gasteiger partial charge in [0.1, 0.15) is 5.75 Å². The Labute approximate surface area is 116 Å². The number of ether oxygens (including phenoxy) is 1. The lowest BCUT2D eigenvalue weighted by Crippen LogP contribution is -2.34. The summed E-state index contributed by atoms with van der Waals surface area (Å²) in [6.07, 6.45) is 1.24. The van der Waals surface area contributed by atoms with E-state index in [0.29, 0.717) is 6.42 Å². The van der Waals surface area contributed by atoms with Crippen LogP contribution in [0.3, 0.4) is 0 Å². The molecule has 3 nitrogen and oxygen atoms in total. The maximum atomic E-state index is 12.1. The third kappa shape index (κ3) is 5.33. The first kappa shape index (κ1) is 15.5. The Hall–Kier alpha value is -1.51. The summed E-state index contributed by atoms with van der Waals surface area (Å²) in [5.74, 6) is 1.04. The summed E-state index contributed by atoms with van der Waals surface area (Å²) in [7, 11) is 3.53. The summed E-state index contributed by atoms with van der Waals surface area (Å²) in [6.45, 7) is 7.18. The molecule has 0 N–H and O–H groups in total. The molecule has 1 aromatic rings. The van der Waals surface area contributed by atoms with E-state index in [0.717, 1.165) is 24.3 Å². The van der Waals surface area contributed by atoms with E-state index in [1.807, 2.05) is 36.2 Å². The first-order chi connectivity index (χ1) is 8.83. The molecule has 3 heteroatoms. The Morgan fingerprint density at radius 1 is 1.26 bits per heavy atom. The quantitative estimate of drug-likeness (QED) is 0.817. The monoisotopic (exact) mass is 263 g/mol.